The third-order valence-electron chi connectivity index (χ3n) is 2.09. The Labute approximate surface area is 86.6 Å². The number of nitrogens with one attached hydrogen (secondary N) is 2. The number of carbonyl (C=O) groups excluding carboxylic acids is 1. The highest BCUT2D eigenvalue weighted by molar-refractivity contribution is 5.78. The Morgan fingerprint density at radius 1 is 1.50 bits per heavy atom. The molecule has 1 amide bonds. The van der Waals surface area contributed by atoms with E-state index >= 15 is 0 Å². The average Bonchev–Trinajstić information content (AvgIpc) is 2.02. The van der Waals surface area contributed by atoms with Gasteiger partial charge in [-0.25, -0.2) is 0 Å². The number of nitrogens with two attached hydrogens (primary N) is 1. The number of rotatable bonds is 6. The van der Waals surface area contributed by atoms with Crippen molar-refractivity contribution in [2.24, 2.45) is 11.7 Å². The van der Waals surface area contributed by atoms with Crippen LogP contribution in [-0.2, 0) is 4.79 Å². The second-order valence-corrected chi connectivity index (χ2v) is 4.44. The lowest BCUT2D eigenvalue weighted by Gasteiger charge is -2.31. The zero-order valence-corrected chi connectivity index (χ0v) is 9.68. The van der Waals surface area contributed by atoms with Crippen LogP contribution >= 0.6 is 0 Å². The summed E-state index contributed by atoms with van der Waals surface area (Å²) < 4.78 is 0. The van der Waals surface area contributed by atoms with Crippen molar-refractivity contribution < 1.29 is 4.79 Å². The van der Waals surface area contributed by atoms with E-state index in [0.717, 1.165) is 6.42 Å². The van der Waals surface area contributed by atoms with Gasteiger partial charge in [0.15, 0.2) is 0 Å². The van der Waals surface area contributed by atoms with Gasteiger partial charge in [-0.3, -0.25) is 4.79 Å². The Morgan fingerprint density at radius 2 is 2.07 bits per heavy atom. The Kier molecular flexibility index (Phi) is 5.72. The van der Waals surface area contributed by atoms with E-state index < -0.39 is 0 Å². The molecule has 0 saturated carbocycles. The van der Waals surface area contributed by atoms with Gasteiger partial charge in [0.05, 0.1) is 6.54 Å². The maximum atomic E-state index is 11.4. The van der Waals surface area contributed by atoms with E-state index in [1.54, 1.807) is 7.05 Å². The van der Waals surface area contributed by atoms with Crippen LogP contribution in [0.4, 0.5) is 0 Å². The highest BCUT2D eigenvalue weighted by Gasteiger charge is 2.25. The molecule has 0 radical (unpaired) electrons. The maximum absolute atomic E-state index is 11.4. The van der Waals surface area contributed by atoms with Crippen LogP contribution in [0.15, 0.2) is 0 Å². The van der Waals surface area contributed by atoms with Crippen LogP contribution < -0.4 is 16.4 Å². The fourth-order valence-corrected chi connectivity index (χ4v) is 1.63. The number of carbonyl (C=O) groups is 1. The molecule has 4 heteroatoms. The third kappa shape index (κ3) is 5.19. The summed E-state index contributed by atoms with van der Waals surface area (Å²) in [5.41, 5.74) is 5.39. The van der Waals surface area contributed by atoms with Gasteiger partial charge in [-0.15, -0.1) is 0 Å². The smallest absolute Gasteiger partial charge is 0.234 e. The molecule has 4 nitrogen and oxygen atoms in total. The first-order valence-corrected chi connectivity index (χ1v) is 5.09. The van der Waals surface area contributed by atoms with Crippen molar-refractivity contribution in [3.63, 3.8) is 0 Å². The standard InChI is InChI=1S/C10H23N3O/c1-8(2)5-10(3,7-11)13-9(14)6-12-4/h8,12H,5-7,11H2,1-4H3,(H,13,14). The van der Waals surface area contributed by atoms with E-state index in [9.17, 15) is 4.79 Å². The van der Waals surface area contributed by atoms with Crippen molar-refractivity contribution >= 4 is 5.91 Å². The molecular formula is C10H23N3O. The summed E-state index contributed by atoms with van der Waals surface area (Å²) in [4.78, 5) is 11.4. The van der Waals surface area contributed by atoms with E-state index in [-0.39, 0.29) is 11.4 Å². The van der Waals surface area contributed by atoms with Crippen molar-refractivity contribution in [1.29, 1.82) is 0 Å². The van der Waals surface area contributed by atoms with Crippen molar-refractivity contribution in [2.45, 2.75) is 32.7 Å². The predicted octanol–water partition coefficient (Wildman–Crippen LogP) is 0.0855. The van der Waals surface area contributed by atoms with Crippen molar-refractivity contribution in [3.05, 3.63) is 0 Å². The molecule has 0 spiro atoms. The first kappa shape index (κ1) is 13.4. The van der Waals surface area contributed by atoms with Gasteiger partial charge < -0.3 is 16.4 Å². The summed E-state index contributed by atoms with van der Waals surface area (Å²) in [5, 5.41) is 5.76. The lowest BCUT2D eigenvalue weighted by Crippen LogP contribution is -2.53. The van der Waals surface area contributed by atoms with Crippen LogP contribution in [0.5, 0.6) is 0 Å². The molecule has 0 aliphatic rings. The molecule has 0 saturated heterocycles. The minimum atomic E-state index is -0.276. The van der Waals surface area contributed by atoms with Gasteiger partial charge >= 0.3 is 0 Å². The number of amides is 1. The molecule has 0 rings (SSSR count). The fraction of sp³-hybridized carbons (Fsp3) is 0.900. The first-order chi connectivity index (χ1) is 6.43. The minimum absolute atomic E-state index is 0.00102. The van der Waals surface area contributed by atoms with Gasteiger partial charge in [-0.05, 0) is 26.3 Å². The van der Waals surface area contributed by atoms with Crippen LogP contribution in [0, 0.1) is 5.92 Å². The summed E-state index contributed by atoms with van der Waals surface area (Å²) in [6.07, 6.45) is 0.902. The largest absolute Gasteiger partial charge is 0.349 e. The minimum Gasteiger partial charge on any atom is -0.349 e. The fourth-order valence-electron chi connectivity index (χ4n) is 1.63. The van der Waals surface area contributed by atoms with Gasteiger partial charge in [0.25, 0.3) is 0 Å². The van der Waals surface area contributed by atoms with Gasteiger partial charge in [0, 0.05) is 12.1 Å². The zero-order chi connectivity index (χ0) is 11.2. The second-order valence-electron chi connectivity index (χ2n) is 4.44. The number of hydrogen-bond donors (Lipinski definition) is 3. The summed E-state index contributed by atoms with van der Waals surface area (Å²) >= 11 is 0. The number of hydrogen-bond acceptors (Lipinski definition) is 3. The molecule has 0 aromatic carbocycles. The highest BCUT2D eigenvalue weighted by Crippen LogP contribution is 2.14. The van der Waals surface area contributed by atoms with Gasteiger partial charge in [-0.2, -0.15) is 0 Å². The lowest BCUT2D eigenvalue weighted by molar-refractivity contribution is -0.122. The molecule has 0 aliphatic carbocycles. The normalized spacial score (nSPS) is 15.3. The van der Waals surface area contributed by atoms with Gasteiger partial charge in [0.1, 0.15) is 0 Å². The zero-order valence-electron chi connectivity index (χ0n) is 9.68. The SMILES string of the molecule is CNCC(=O)NC(C)(CN)CC(C)C. The van der Waals surface area contributed by atoms with Crippen LogP contribution in [0.25, 0.3) is 0 Å². The molecule has 0 fully saturated rings. The van der Waals surface area contributed by atoms with E-state index in [4.69, 9.17) is 5.73 Å². The predicted molar refractivity (Wildman–Crippen MR) is 59.0 cm³/mol. The van der Waals surface area contributed by atoms with E-state index in [2.05, 4.69) is 24.5 Å². The molecule has 14 heavy (non-hydrogen) atoms. The molecule has 4 N–H and O–H groups in total. The molecule has 0 heterocycles. The van der Waals surface area contributed by atoms with E-state index in [1.807, 2.05) is 6.92 Å². The van der Waals surface area contributed by atoms with Crippen molar-refractivity contribution in [3.8, 4) is 0 Å². The Hall–Kier alpha value is -0.610. The molecule has 0 bridgehead atoms. The van der Waals surface area contributed by atoms with Crippen LogP contribution in [0.3, 0.4) is 0 Å². The Balaban J connectivity index is 4.17. The summed E-state index contributed by atoms with van der Waals surface area (Å²) in [5.74, 6) is 0.527. The maximum Gasteiger partial charge on any atom is 0.234 e. The highest BCUT2D eigenvalue weighted by atomic mass is 16.2. The summed E-state index contributed by atoms with van der Waals surface area (Å²) in [6, 6.07) is 0. The molecule has 84 valence electrons. The monoisotopic (exact) mass is 201 g/mol. The van der Waals surface area contributed by atoms with Gasteiger partial charge in [-0.1, -0.05) is 13.8 Å². The van der Waals surface area contributed by atoms with Crippen LogP contribution in [0.2, 0.25) is 0 Å². The lowest BCUT2D eigenvalue weighted by atomic mass is 9.91. The molecule has 1 unspecified atom stereocenters. The van der Waals surface area contributed by atoms with E-state index in [1.165, 1.54) is 0 Å². The van der Waals surface area contributed by atoms with Crippen molar-refractivity contribution in [2.75, 3.05) is 20.1 Å². The van der Waals surface area contributed by atoms with Crippen molar-refractivity contribution in [1.82, 2.24) is 10.6 Å². The molecule has 0 aromatic heterocycles. The summed E-state index contributed by atoms with van der Waals surface area (Å²) in [7, 11) is 1.75. The second kappa shape index (κ2) is 5.98. The quantitative estimate of drug-likeness (QED) is 0.570. The topological polar surface area (TPSA) is 67.2 Å². The molecule has 1 atom stereocenters. The Bertz CT molecular complexity index is 182. The van der Waals surface area contributed by atoms with Gasteiger partial charge in [0.2, 0.25) is 5.91 Å². The molecule has 0 aromatic rings. The molecular weight excluding hydrogens is 178 g/mol. The number of likely N-dealkylation sites (N-methyl/N-ethyl adjacent to an activating group) is 1. The van der Waals surface area contributed by atoms with Crippen LogP contribution in [-0.4, -0.2) is 31.6 Å². The average molecular weight is 201 g/mol. The van der Waals surface area contributed by atoms with E-state index in [0.29, 0.717) is 19.0 Å². The third-order valence-corrected chi connectivity index (χ3v) is 2.09. The Morgan fingerprint density at radius 3 is 2.43 bits per heavy atom. The first-order valence-electron chi connectivity index (χ1n) is 5.09. The summed E-state index contributed by atoms with van der Waals surface area (Å²) in [6.45, 7) is 7.05. The molecule has 0 aliphatic heterocycles. The van der Waals surface area contributed by atoms with Crippen LogP contribution in [0.1, 0.15) is 27.2 Å².